The first-order valence-electron chi connectivity index (χ1n) is 13.0. The number of pyridine rings is 1. The fourth-order valence-electron chi connectivity index (χ4n) is 9.28. The quantitative estimate of drug-likeness (QED) is 0.699. The summed E-state index contributed by atoms with van der Waals surface area (Å²) in [6.45, 7) is 0.822. The van der Waals surface area contributed by atoms with Crippen molar-refractivity contribution in [2.24, 2.45) is 34.5 Å². The second-order valence-electron chi connectivity index (χ2n) is 12.0. The molecule has 5 atom stereocenters. The molecule has 5 fully saturated rings. The van der Waals surface area contributed by atoms with E-state index in [1.807, 2.05) is 28.8 Å². The lowest BCUT2D eigenvalue weighted by atomic mass is 9.46. The lowest BCUT2D eigenvalue weighted by Crippen LogP contribution is -2.57. The smallest absolute Gasteiger partial charge is 0.306 e. The van der Waals surface area contributed by atoms with Crippen LogP contribution in [0.4, 0.5) is 0 Å². The molecule has 1 spiro atoms. The largest absolute Gasteiger partial charge is 0.481 e. The van der Waals surface area contributed by atoms with Crippen LogP contribution in [0.3, 0.4) is 0 Å². The number of carbonyl (C=O) groups excluding carboxylic acids is 1. The monoisotopic (exact) mass is 447 g/mol. The molecule has 7 rings (SSSR count). The fourth-order valence-corrected chi connectivity index (χ4v) is 9.28. The Hall–Kier alpha value is -2.37. The van der Waals surface area contributed by atoms with E-state index in [-0.39, 0.29) is 17.7 Å². The van der Waals surface area contributed by atoms with E-state index in [0.29, 0.717) is 29.4 Å². The fraction of sp³-hybridized carbons (Fsp3) is 0.667. The molecule has 2 heterocycles. The van der Waals surface area contributed by atoms with Gasteiger partial charge in [0.25, 0.3) is 5.91 Å². The second kappa shape index (κ2) is 6.83. The predicted molar refractivity (Wildman–Crippen MR) is 123 cm³/mol. The molecule has 0 saturated heterocycles. The van der Waals surface area contributed by atoms with Crippen molar-refractivity contribution in [3.05, 3.63) is 35.8 Å². The van der Waals surface area contributed by atoms with Gasteiger partial charge in [-0.05, 0) is 105 Å². The maximum atomic E-state index is 13.3. The van der Waals surface area contributed by atoms with Crippen molar-refractivity contribution < 1.29 is 14.7 Å². The molecule has 33 heavy (non-hydrogen) atoms. The molecular weight excluding hydrogens is 414 g/mol. The van der Waals surface area contributed by atoms with E-state index in [0.717, 1.165) is 48.5 Å². The van der Waals surface area contributed by atoms with Crippen LogP contribution in [0.15, 0.2) is 24.4 Å². The van der Waals surface area contributed by atoms with Gasteiger partial charge >= 0.3 is 5.97 Å². The number of hydrogen-bond donors (Lipinski definition) is 2. The summed E-state index contributed by atoms with van der Waals surface area (Å²) >= 11 is 0. The molecule has 0 aromatic carbocycles. The van der Waals surface area contributed by atoms with Crippen LogP contribution in [0.1, 0.15) is 86.3 Å². The minimum Gasteiger partial charge on any atom is -0.481 e. The van der Waals surface area contributed by atoms with Crippen molar-refractivity contribution in [1.82, 2.24) is 14.7 Å². The van der Waals surface area contributed by atoms with E-state index >= 15 is 0 Å². The van der Waals surface area contributed by atoms with Crippen molar-refractivity contribution in [3.63, 3.8) is 0 Å². The van der Waals surface area contributed by atoms with Gasteiger partial charge < -0.3 is 10.4 Å². The van der Waals surface area contributed by atoms with Gasteiger partial charge in [-0.3, -0.25) is 14.0 Å². The lowest BCUT2D eigenvalue weighted by Gasteiger charge is -2.59. The van der Waals surface area contributed by atoms with Gasteiger partial charge in [0.05, 0.1) is 11.6 Å². The Kier molecular flexibility index (Phi) is 4.15. The number of carboxylic acids is 1. The van der Waals surface area contributed by atoms with Crippen LogP contribution in [0, 0.1) is 34.5 Å². The Bertz CT molecular complexity index is 1140. The summed E-state index contributed by atoms with van der Waals surface area (Å²) in [6, 6.07) is 5.77. The molecule has 1 amide bonds. The van der Waals surface area contributed by atoms with E-state index in [1.54, 1.807) is 0 Å². The molecule has 174 valence electrons. The van der Waals surface area contributed by atoms with Gasteiger partial charge in [-0.25, -0.2) is 4.98 Å². The number of hydrogen-bond acceptors (Lipinski definition) is 3. The van der Waals surface area contributed by atoms with Gasteiger partial charge in [0.15, 0.2) is 0 Å². The molecule has 0 aliphatic heterocycles. The zero-order valence-corrected chi connectivity index (χ0v) is 19.1. The van der Waals surface area contributed by atoms with E-state index < -0.39 is 5.97 Å². The van der Waals surface area contributed by atoms with Gasteiger partial charge in [0.2, 0.25) is 0 Å². The van der Waals surface area contributed by atoms with Crippen LogP contribution < -0.4 is 5.32 Å². The standard InChI is InChI=1S/C27H33N3O3/c31-24(28-15-26-10-17-8-16-9-20(13-26)27(26,11-16)12-17)22-2-1-3-23-29-21(14-30(22)23)18-4-6-19(7-5-18)25(32)33/h1-3,14,16-20H,4-13,15H2,(H,28,31)(H,32,33). The number of carboxylic acid groups (broad SMARTS) is 1. The Morgan fingerprint density at radius 3 is 2.70 bits per heavy atom. The number of aromatic nitrogens is 2. The summed E-state index contributed by atoms with van der Waals surface area (Å²) < 4.78 is 1.94. The normalized spacial score (nSPS) is 40.5. The number of imidazole rings is 1. The van der Waals surface area contributed by atoms with Crippen LogP contribution in [0.5, 0.6) is 0 Å². The van der Waals surface area contributed by atoms with E-state index in [9.17, 15) is 14.7 Å². The molecule has 2 aromatic rings. The number of carbonyl (C=O) groups is 2. The van der Waals surface area contributed by atoms with Crippen molar-refractivity contribution >= 4 is 17.5 Å². The summed E-state index contributed by atoms with van der Waals surface area (Å²) in [4.78, 5) is 29.4. The highest BCUT2D eigenvalue weighted by atomic mass is 16.4. The molecule has 2 N–H and O–H groups in total. The van der Waals surface area contributed by atoms with Crippen molar-refractivity contribution in [3.8, 4) is 0 Å². The highest BCUT2D eigenvalue weighted by Crippen LogP contribution is 2.81. The van der Waals surface area contributed by atoms with Crippen LogP contribution in [-0.4, -0.2) is 32.9 Å². The Morgan fingerprint density at radius 1 is 1.06 bits per heavy atom. The van der Waals surface area contributed by atoms with Crippen LogP contribution in [-0.2, 0) is 4.79 Å². The summed E-state index contributed by atoms with van der Waals surface area (Å²) in [5.41, 5.74) is 3.32. The third kappa shape index (κ3) is 2.75. The summed E-state index contributed by atoms with van der Waals surface area (Å²) in [7, 11) is 0. The zero-order valence-electron chi connectivity index (χ0n) is 19.1. The van der Waals surface area contributed by atoms with Crippen LogP contribution in [0.25, 0.3) is 5.65 Å². The number of fused-ring (bicyclic) bond motifs is 3. The number of rotatable bonds is 5. The first-order valence-corrected chi connectivity index (χ1v) is 13.0. The van der Waals surface area contributed by atoms with Gasteiger partial charge in [-0.2, -0.15) is 0 Å². The number of nitrogens with zero attached hydrogens (tertiary/aromatic N) is 2. The molecule has 3 bridgehead atoms. The number of aliphatic carboxylic acids is 1. The number of nitrogens with one attached hydrogen (secondary N) is 1. The third-order valence-corrected chi connectivity index (χ3v) is 10.6. The molecule has 2 aromatic heterocycles. The Morgan fingerprint density at radius 2 is 1.88 bits per heavy atom. The summed E-state index contributed by atoms with van der Waals surface area (Å²) in [5, 5.41) is 12.6. The SMILES string of the molecule is O=C(NCC12CC3CC4CC(C1)C2(C4)C3)c1cccc2nc(C3CCC(C(=O)O)CC3)cn12. The second-order valence-corrected chi connectivity index (χ2v) is 12.0. The maximum absolute atomic E-state index is 13.3. The molecule has 5 aliphatic rings. The molecule has 0 radical (unpaired) electrons. The van der Waals surface area contributed by atoms with Crippen LogP contribution >= 0.6 is 0 Å². The minimum atomic E-state index is -0.682. The van der Waals surface area contributed by atoms with Gasteiger partial charge in [0, 0.05) is 18.7 Å². The van der Waals surface area contributed by atoms with Gasteiger partial charge in [-0.1, -0.05) is 6.07 Å². The van der Waals surface area contributed by atoms with Crippen molar-refractivity contribution in [2.75, 3.05) is 6.54 Å². The average Bonchev–Trinajstić information content (AvgIpc) is 3.38. The average molecular weight is 448 g/mol. The summed E-state index contributed by atoms with van der Waals surface area (Å²) in [6.07, 6.45) is 13.4. The first-order chi connectivity index (χ1) is 16.0. The molecule has 6 heteroatoms. The van der Waals surface area contributed by atoms with E-state index in [2.05, 4.69) is 5.32 Å². The lowest BCUT2D eigenvalue weighted by molar-refractivity contribution is -0.142. The third-order valence-electron chi connectivity index (χ3n) is 10.6. The van der Waals surface area contributed by atoms with Gasteiger partial charge in [-0.15, -0.1) is 0 Å². The Labute approximate surface area is 194 Å². The predicted octanol–water partition coefficient (Wildman–Crippen LogP) is 4.64. The highest BCUT2D eigenvalue weighted by molar-refractivity contribution is 5.93. The molecular formula is C27H33N3O3. The Balaban J connectivity index is 1.09. The number of amides is 1. The molecule has 5 unspecified atom stereocenters. The van der Waals surface area contributed by atoms with Gasteiger partial charge in [0.1, 0.15) is 11.3 Å². The maximum Gasteiger partial charge on any atom is 0.306 e. The molecule has 5 aliphatic carbocycles. The van der Waals surface area contributed by atoms with Crippen LogP contribution in [0.2, 0.25) is 0 Å². The van der Waals surface area contributed by atoms with E-state index in [1.165, 1.54) is 38.5 Å². The first kappa shape index (κ1) is 20.0. The summed E-state index contributed by atoms with van der Waals surface area (Å²) in [5.74, 6) is 2.14. The van der Waals surface area contributed by atoms with Crippen molar-refractivity contribution in [1.29, 1.82) is 0 Å². The molecule has 6 nitrogen and oxygen atoms in total. The van der Waals surface area contributed by atoms with E-state index in [4.69, 9.17) is 4.98 Å². The molecule has 5 saturated carbocycles. The minimum absolute atomic E-state index is 0.00403. The highest BCUT2D eigenvalue weighted by Gasteiger charge is 2.73. The van der Waals surface area contributed by atoms with Crippen molar-refractivity contribution in [2.45, 2.75) is 70.1 Å². The topological polar surface area (TPSA) is 83.7 Å². The zero-order chi connectivity index (χ0) is 22.4.